The maximum atomic E-state index is 12.2. The summed E-state index contributed by atoms with van der Waals surface area (Å²) in [6, 6.07) is 0. The summed E-state index contributed by atoms with van der Waals surface area (Å²) >= 11 is 0. The van der Waals surface area contributed by atoms with E-state index < -0.39 is 14.6 Å². The van der Waals surface area contributed by atoms with Gasteiger partial charge in [0.25, 0.3) is 0 Å². The van der Waals surface area contributed by atoms with E-state index in [0.717, 1.165) is 58.3 Å². The van der Waals surface area contributed by atoms with E-state index >= 15 is 0 Å². The fraction of sp³-hybridized carbons (Fsp3) is 0.941. The molecule has 0 aromatic carbocycles. The van der Waals surface area contributed by atoms with E-state index in [-0.39, 0.29) is 5.75 Å². The number of sulfone groups is 1. The molecule has 0 aromatic heterocycles. The van der Waals surface area contributed by atoms with Crippen molar-refractivity contribution < 1.29 is 13.2 Å². The van der Waals surface area contributed by atoms with Gasteiger partial charge < -0.3 is 15.0 Å². The number of likely N-dealkylation sites (tertiary alicyclic amines) is 1. The monoisotopic (exact) mass is 374 g/mol. The number of hydrogen-bond donors (Lipinski definition) is 1. The minimum absolute atomic E-state index is 0.126. The average molecular weight is 375 g/mol. The number of hydrogen-bond acceptors (Lipinski definition) is 5. The van der Waals surface area contributed by atoms with Gasteiger partial charge in [-0.05, 0) is 33.1 Å². The van der Waals surface area contributed by atoms with E-state index in [1.165, 1.54) is 0 Å². The second-order valence-electron chi connectivity index (χ2n) is 7.92. The quantitative estimate of drug-likeness (QED) is 0.556. The molecule has 1 unspecified atom stereocenters. The summed E-state index contributed by atoms with van der Waals surface area (Å²) in [7, 11) is -1.35. The van der Waals surface area contributed by atoms with Crippen molar-refractivity contribution in [1.82, 2.24) is 15.1 Å². The molecule has 7 nitrogen and oxygen atoms in total. The number of morpholine rings is 1. The van der Waals surface area contributed by atoms with Crippen molar-refractivity contribution in [2.75, 3.05) is 65.3 Å². The Morgan fingerprint density at radius 1 is 1.24 bits per heavy atom. The minimum atomic E-state index is -3.11. The summed E-state index contributed by atoms with van der Waals surface area (Å²) in [6.45, 7) is 12.4. The highest BCUT2D eigenvalue weighted by atomic mass is 32.2. The topological polar surface area (TPSA) is 74.2 Å². The normalized spacial score (nSPS) is 23.9. The molecular formula is C17H34N4O3S. The summed E-state index contributed by atoms with van der Waals surface area (Å²) in [4.78, 5) is 9.06. The Hall–Kier alpha value is -0.860. The Balaban J connectivity index is 1.77. The molecule has 1 atom stereocenters. The molecule has 146 valence electrons. The van der Waals surface area contributed by atoms with Crippen LogP contribution in [0.25, 0.3) is 0 Å². The molecule has 2 saturated heterocycles. The maximum absolute atomic E-state index is 12.2. The molecule has 8 heteroatoms. The average Bonchev–Trinajstić information content (AvgIpc) is 2.99. The van der Waals surface area contributed by atoms with Gasteiger partial charge in [-0.3, -0.25) is 9.89 Å². The first-order valence-electron chi connectivity index (χ1n) is 9.21. The van der Waals surface area contributed by atoms with Crippen molar-refractivity contribution in [3.8, 4) is 0 Å². The van der Waals surface area contributed by atoms with E-state index in [4.69, 9.17) is 4.74 Å². The number of rotatable bonds is 5. The van der Waals surface area contributed by atoms with Gasteiger partial charge in [0, 0.05) is 46.3 Å². The standard InChI is InChI=1S/C17H34N4O3S/c1-17(2,3)25(22,23)12-6-19-16(18-4)21-7-5-15(14-21)13-20-8-10-24-11-9-20/h15H,5-14H2,1-4H3,(H,18,19). The van der Waals surface area contributed by atoms with Crippen LogP contribution in [0.1, 0.15) is 27.2 Å². The predicted octanol–water partition coefficient (Wildman–Crippen LogP) is 0.429. The van der Waals surface area contributed by atoms with Crippen LogP contribution in [0.5, 0.6) is 0 Å². The van der Waals surface area contributed by atoms with Gasteiger partial charge in [-0.15, -0.1) is 0 Å². The van der Waals surface area contributed by atoms with Crippen molar-refractivity contribution in [3.05, 3.63) is 0 Å². The number of guanidine groups is 1. The third kappa shape index (κ3) is 5.82. The van der Waals surface area contributed by atoms with Crippen LogP contribution in [0.3, 0.4) is 0 Å². The van der Waals surface area contributed by atoms with E-state index in [1.807, 2.05) is 0 Å². The van der Waals surface area contributed by atoms with E-state index in [9.17, 15) is 8.42 Å². The lowest BCUT2D eigenvalue weighted by molar-refractivity contribution is 0.0315. The Kier molecular flexibility index (Phi) is 7.10. The Bertz CT molecular complexity index is 551. The highest BCUT2D eigenvalue weighted by molar-refractivity contribution is 7.92. The second kappa shape index (κ2) is 8.68. The number of aliphatic imine (C=N–C) groups is 1. The fourth-order valence-corrected chi connectivity index (χ4v) is 4.24. The van der Waals surface area contributed by atoms with Crippen LogP contribution >= 0.6 is 0 Å². The van der Waals surface area contributed by atoms with Crippen LogP contribution < -0.4 is 5.32 Å². The maximum Gasteiger partial charge on any atom is 0.193 e. The highest BCUT2D eigenvalue weighted by Crippen LogP contribution is 2.18. The molecule has 2 aliphatic heterocycles. The molecule has 2 rings (SSSR count). The zero-order valence-corrected chi connectivity index (χ0v) is 16.9. The van der Waals surface area contributed by atoms with Crippen molar-refractivity contribution in [1.29, 1.82) is 0 Å². The Morgan fingerprint density at radius 2 is 1.92 bits per heavy atom. The number of ether oxygens (including phenoxy) is 1. The van der Waals surface area contributed by atoms with Crippen LogP contribution in [0.2, 0.25) is 0 Å². The molecule has 0 amide bonds. The van der Waals surface area contributed by atoms with Crippen molar-refractivity contribution in [2.45, 2.75) is 31.9 Å². The van der Waals surface area contributed by atoms with Gasteiger partial charge in [0.05, 0.1) is 23.7 Å². The first-order valence-corrected chi connectivity index (χ1v) is 10.9. The van der Waals surface area contributed by atoms with Crippen molar-refractivity contribution in [2.24, 2.45) is 10.9 Å². The number of nitrogens with one attached hydrogen (secondary N) is 1. The summed E-state index contributed by atoms with van der Waals surface area (Å²) in [5, 5.41) is 3.23. The number of nitrogens with zero attached hydrogens (tertiary/aromatic N) is 3. The molecule has 2 fully saturated rings. The molecule has 2 heterocycles. The first-order chi connectivity index (χ1) is 11.7. The van der Waals surface area contributed by atoms with Gasteiger partial charge >= 0.3 is 0 Å². The lowest BCUT2D eigenvalue weighted by atomic mass is 10.1. The summed E-state index contributed by atoms with van der Waals surface area (Å²) in [5.41, 5.74) is 0. The van der Waals surface area contributed by atoms with E-state index in [0.29, 0.717) is 12.5 Å². The van der Waals surface area contributed by atoms with Crippen molar-refractivity contribution in [3.63, 3.8) is 0 Å². The first kappa shape index (κ1) is 20.5. The van der Waals surface area contributed by atoms with Gasteiger partial charge in [0.15, 0.2) is 15.8 Å². The zero-order valence-electron chi connectivity index (χ0n) is 16.1. The van der Waals surface area contributed by atoms with Gasteiger partial charge in [-0.2, -0.15) is 0 Å². The van der Waals surface area contributed by atoms with Gasteiger partial charge in [-0.25, -0.2) is 8.42 Å². The Labute approximate surface area is 152 Å². The summed E-state index contributed by atoms with van der Waals surface area (Å²) in [6.07, 6.45) is 1.15. The molecular weight excluding hydrogens is 340 g/mol. The van der Waals surface area contributed by atoms with Crippen LogP contribution in [-0.2, 0) is 14.6 Å². The summed E-state index contributed by atoms with van der Waals surface area (Å²) in [5.74, 6) is 1.57. The molecule has 0 spiro atoms. The molecule has 0 bridgehead atoms. The van der Waals surface area contributed by atoms with Crippen LogP contribution in [0, 0.1) is 5.92 Å². The van der Waals surface area contributed by atoms with Crippen LogP contribution in [0.4, 0.5) is 0 Å². The van der Waals surface area contributed by atoms with E-state index in [2.05, 4.69) is 20.1 Å². The second-order valence-corrected chi connectivity index (χ2v) is 10.8. The largest absolute Gasteiger partial charge is 0.379 e. The third-order valence-corrected chi connectivity index (χ3v) is 7.61. The van der Waals surface area contributed by atoms with Gasteiger partial charge in [0.2, 0.25) is 0 Å². The molecule has 0 saturated carbocycles. The predicted molar refractivity (Wildman–Crippen MR) is 102 cm³/mol. The van der Waals surface area contributed by atoms with Crippen LogP contribution in [0.15, 0.2) is 4.99 Å². The third-order valence-electron chi connectivity index (χ3n) is 5.00. The lowest BCUT2D eigenvalue weighted by Gasteiger charge is -2.29. The molecule has 0 radical (unpaired) electrons. The fourth-order valence-electron chi connectivity index (χ4n) is 3.26. The SMILES string of the molecule is CN=C(NCCS(=O)(=O)C(C)(C)C)N1CCC(CN2CCOCC2)C1. The molecule has 2 aliphatic rings. The summed E-state index contributed by atoms with van der Waals surface area (Å²) < 4.78 is 29.1. The Morgan fingerprint density at radius 3 is 2.52 bits per heavy atom. The van der Waals surface area contributed by atoms with Crippen LogP contribution in [-0.4, -0.2) is 94.2 Å². The minimum Gasteiger partial charge on any atom is -0.379 e. The zero-order chi connectivity index (χ0) is 18.5. The van der Waals surface area contributed by atoms with Gasteiger partial charge in [-0.1, -0.05) is 0 Å². The molecule has 0 aliphatic carbocycles. The highest BCUT2D eigenvalue weighted by Gasteiger charge is 2.30. The molecule has 0 aromatic rings. The van der Waals surface area contributed by atoms with E-state index in [1.54, 1.807) is 27.8 Å². The van der Waals surface area contributed by atoms with Crippen molar-refractivity contribution >= 4 is 15.8 Å². The lowest BCUT2D eigenvalue weighted by Crippen LogP contribution is -2.44. The molecule has 1 N–H and O–H groups in total. The molecule has 25 heavy (non-hydrogen) atoms. The van der Waals surface area contributed by atoms with Gasteiger partial charge in [0.1, 0.15) is 0 Å². The smallest absolute Gasteiger partial charge is 0.193 e.